The fraction of sp³-hybridized carbons (Fsp3) is 0.105. The topological polar surface area (TPSA) is 31.4 Å². The Morgan fingerprint density at radius 3 is 0.780 bits per heavy atom. The quantitative estimate of drug-likeness (QED) is 0.102. The summed E-state index contributed by atoms with van der Waals surface area (Å²) in [6.45, 7) is 12.4. The van der Waals surface area contributed by atoms with E-state index in [1.807, 2.05) is 0 Å². The van der Waals surface area contributed by atoms with E-state index < -0.39 is 0 Å². The van der Waals surface area contributed by atoms with E-state index >= 15 is 0 Å². The molecule has 0 saturated carbocycles. The lowest BCUT2D eigenvalue weighted by Gasteiger charge is -2.29. The summed E-state index contributed by atoms with van der Waals surface area (Å²) in [5.74, 6) is 1.68. The lowest BCUT2D eigenvalue weighted by molar-refractivity contribution is 0.130. The molecule has 0 spiro atoms. The van der Waals surface area contributed by atoms with Crippen LogP contribution in [0.2, 0.25) is 0 Å². The second-order valence-electron chi connectivity index (χ2n) is 22.6. The third-order valence-corrected chi connectivity index (χ3v) is 14.4. The van der Waals surface area contributed by atoms with E-state index in [4.69, 9.17) is 9.47 Å². The van der Waals surface area contributed by atoms with Gasteiger partial charge in [0.05, 0.1) is 11.4 Å². The average Bonchev–Trinajstić information content (AvgIpc) is 3.68. The van der Waals surface area contributed by atoms with Gasteiger partial charge in [0.25, 0.3) is 0 Å². The van der Waals surface area contributed by atoms with Crippen molar-refractivity contribution in [2.45, 2.75) is 52.7 Å². The predicted octanol–water partition coefficient (Wildman–Crippen LogP) is 21.9. The molecule has 6 heteroatoms. The summed E-state index contributed by atoms with van der Waals surface area (Å²) < 4.78 is 12.4. The minimum atomic E-state index is -0.290. The van der Waals surface area contributed by atoms with Crippen molar-refractivity contribution in [1.82, 2.24) is 0 Å². The third-order valence-electron chi connectivity index (χ3n) is 14.4. The zero-order valence-corrected chi connectivity index (χ0v) is 47.3. The maximum absolute atomic E-state index is 6.20. The van der Waals surface area contributed by atoms with Crippen LogP contribution in [-0.4, -0.2) is 11.2 Å². The van der Waals surface area contributed by atoms with Crippen LogP contribution in [-0.2, 0) is 0 Å². The SMILES string of the molecule is CC(C)(C)Oc1ccc(N(c2ccccc2)c2ccc(N(c3ccc(-c4ccc(N(c5ccc(N(c6ccccc6)c6ccc(OC(C)(C)C)cc6)cc5)c5cccc6ccccc56)cc4)cc3)c3cccc4ccccc34)cc2)cc1. The van der Waals surface area contributed by atoms with Gasteiger partial charge < -0.3 is 29.1 Å². The van der Waals surface area contributed by atoms with Crippen LogP contribution in [0.4, 0.5) is 68.2 Å². The molecule has 402 valence electrons. The first kappa shape index (κ1) is 52.6. The van der Waals surface area contributed by atoms with Gasteiger partial charge in [0.1, 0.15) is 22.7 Å². The Kier molecular flexibility index (Phi) is 14.5. The van der Waals surface area contributed by atoms with Crippen molar-refractivity contribution >= 4 is 89.8 Å². The van der Waals surface area contributed by atoms with E-state index in [9.17, 15) is 0 Å². The Balaban J connectivity index is 0.873. The van der Waals surface area contributed by atoms with Gasteiger partial charge in [-0.3, -0.25) is 0 Å². The van der Waals surface area contributed by atoms with E-state index in [0.717, 1.165) is 90.9 Å². The van der Waals surface area contributed by atoms with Gasteiger partial charge in [-0.05, 0) is 221 Å². The lowest BCUT2D eigenvalue weighted by atomic mass is 10.0. The van der Waals surface area contributed by atoms with Gasteiger partial charge in [-0.2, -0.15) is 0 Å². The second-order valence-corrected chi connectivity index (χ2v) is 22.6. The average molecular weight is 1070 g/mol. The first-order valence-electron chi connectivity index (χ1n) is 28.1. The van der Waals surface area contributed by atoms with Gasteiger partial charge in [0.2, 0.25) is 0 Å². The summed E-state index contributed by atoms with van der Waals surface area (Å²) in [5, 5.41) is 4.72. The van der Waals surface area contributed by atoms with E-state index in [-0.39, 0.29) is 11.2 Å². The van der Waals surface area contributed by atoms with E-state index in [2.05, 4.69) is 352 Å². The molecule has 6 nitrogen and oxygen atoms in total. The van der Waals surface area contributed by atoms with Crippen LogP contribution < -0.4 is 29.1 Å². The molecule has 82 heavy (non-hydrogen) atoms. The number of anilines is 12. The largest absolute Gasteiger partial charge is 0.488 e. The van der Waals surface area contributed by atoms with Crippen LogP contribution >= 0.6 is 0 Å². The lowest BCUT2D eigenvalue weighted by Crippen LogP contribution is -2.22. The van der Waals surface area contributed by atoms with Crippen molar-refractivity contribution in [2.24, 2.45) is 0 Å². The second kappa shape index (κ2) is 22.6. The summed E-state index contributed by atoms with van der Waals surface area (Å²) >= 11 is 0. The van der Waals surface area contributed by atoms with Gasteiger partial charge in [0, 0.05) is 67.6 Å². The highest BCUT2D eigenvalue weighted by molar-refractivity contribution is 6.01. The molecule has 0 unspecified atom stereocenters. The first-order valence-corrected chi connectivity index (χ1v) is 28.1. The van der Waals surface area contributed by atoms with E-state index in [1.165, 1.54) is 21.5 Å². The Labute approximate surface area is 482 Å². The Morgan fingerprint density at radius 1 is 0.220 bits per heavy atom. The Morgan fingerprint density at radius 2 is 0.463 bits per heavy atom. The van der Waals surface area contributed by atoms with Gasteiger partial charge in [-0.25, -0.2) is 0 Å². The van der Waals surface area contributed by atoms with Gasteiger partial charge in [0.15, 0.2) is 0 Å². The molecule has 12 rings (SSSR count). The van der Waals surface area contributed by atoms with Crippen LogP contribution in [0.25, 0.3) is 32.7 Å². The third kappa shape index (κ3) is 11.5. The summed E-state index contributed by atoms with van der Waals surface area (Å²) in [5.41, 5.74) is 14.4. The zero-order valence-electron chi connectivity index (χ0n) is 47.3. The van der Waals surface area contributed by atoms with Crippen LogP contribution in [0, 0.1) is 0 Å². The molecule has 0 aliphatic rings. The highest BCUT2D eigenvalue weighted by atomic mass is 16.5. The minimum absolute atomic E-state index is 0.290. The van der Waals surface area contributed by atoms with Crippen LogP contribution in [0.1, 0.15) is 41.5 Å². The number of hydrogen-bond acceptors (Lipinski definition) is 6. The van der Waals surface area contributed by atoms with E-state index in [1.54, 1.807) is 0 Å². The maximum atomic E-state index is 6.20. The highest BCUT2D eigenvalue weighted by Gasteiger charge is 2.22. The first-order chi connectivity index (χ1) is 39.9. The smallest absolute Gasteiger partial charge is 0.120 e. The van der Waals surface area contributed by atoms with Gasteiger partial charge in [-0.1, -0.05) is 133 Å². The van der Waals surface area contributed by atoms with E-state index in [0.29, 0.717) is 0 Å². The zero-order chi connectivity index (χ0) is 56.2. The molecule has 12 aromatic carbocycles. The van der Waals surface area contributed by atoms with Gasteiger partial charge >= 0.3 is 0 Å². The van der Waals surface area contributed by atoms with Crippen molar-refractivity contribution in [3.05, 3.63) is 291 Å². The van der Waals surface area contributed by atoms with Crippen molar-refractivity contribution in [1.29, 1.82) is 0 Å². The molecule has 0 N–H and O–H groups in total. The Hall–Kier alpha value is -10.0. The fourth-order valence-electron chi connectivity index (χ4n) is 10.9. The van der Waals surface area contributed by atoms with Crippen molar-refractivity contribution < 1.29 is 9.47 Å². The number of para-hydroxylation sites is 2. The number of fused-ring (bicyclic) bond motifs is 2. The molecule has 0 aliphatic carbocycles. The minimum Gasteiger partial charge on any atom is -0.488 e. The molecule has 0 amide bonds. The van der Waals surface area contributed by atoms with Crippen LogP contribution in [0.3, 0.4) is 0 Å². The van der Waals surface area contributed by atoms with Crippen molar-refractivity contribution in [2.75, 3.05) is 19.6 Å². The van der Waals surface area contributed by atoms with Crippen LogP contribution in [0.15, 0.2) is 291 Å². The molecular weight excluding hydrogens is 1000 g/mol. The van der Waals surface area contributed by atoms with Crippen LogP contribution in [0.5, 0.6) is 11.5 Å². The Bertz CT molecular complexity index is 3800. The normalized spacial score (nSPS) is 11.5. The number of hydrogen-bond donors (Lipinski definition) is 0. The molecular formula is C76H66N4O2. The number of rotatable bonds is 15. The summed E-state index contributed by atoms with van der Waals surface area (Å²) in [7, 11) is 0. The molecule has 0 radical (unpaired) electrons. The maximum Gasteiger partial charge on any atom is 0.120 e. The number of benzene rings is 12. The highest BCUT2D eigenvalue weighted by Crippen LogP contribution is 2.45. The summed E-state index contributed by atoms with van der Waals surface area (Å²) in [4.78, 5) is 9.32. The molecule has 0 bridgehead atoms. The molecule has 0 saturated heterocycles. The monoisotopic (exact) mass is 1070 g/mol. The fourth-order valence-corrected chi connectivity index (χ4v) is 10.9. The predicted molar refractivity (Wildman–Crippen MR) is 346 cm³/mol. The molecule has 12 aromatic rings. The molecule has 0 fully saturated rings. The van der Waals surface area contributed by atoms with Gasteiger partial charge in [-0.15, -0.1) is 0 Å². The van der Waals surface area contributed by atoms with Crippen molar-refractivity contribution in [3.63, 3.8) is 0 Å². The van der Waals surface area contributed by atoms with Crippen molar-refractivity contribution in [3.8, 4) is 22.6 Å². The summed E-state index contributed by atoms with van der Waals surface area (Å²) in [6.07, 6.45) is 0. The standard InChI is InChI=1S/C76H66N4O2/c1-75(2,3)81-69-51-47-63(48-52-69)77(59-23-9-7-10-24-59)61-39-43-67(44-40-61)79(73-29-17-21-57-19-13-15-27-71(57)73)65-35-31-55(32-36-65)56-33-37-66(38-34-56)80(74-30-18-22-58-20-14-16-28-72(58)74)68-45-41-62(42-46-68)78(60-25-11-8-12-26-60)64-49-53-70(54-50-64)82-76(4,5)6/h7-54H,1-6H3. The molecule has 0 heterocycles. The summed E-state index contributed by atoms with van der Waals surface area (Å²) in [6, 6.07) is 104. The number of nitrogens with zero attached hydrogens (tertiary/aromatic N) is 4. The molecule has 0 aliphatic heterocycles. The molecule has 0 atom stereocenters. The molecule has 0 aromatic heterocycles. The number of ether oxygens (including phenoxy) is 2.